The van der Waals surface area contributed by atoms with E-state index < -0.39 is 17.8 Å². The molecule has 4 bridgehead atoms. The van der Waals surface area contributed by atoms with E-state index in [0.717, 1.165) is 44.8 Å². The minimum absolute atomic E-state index is 0.0240. The third kappa shape index (κ3) is 7.01. The molecule has 0 spiro atoms. The van der Waals surface area contributed by atoms with Gasteiger partial charge in [-0.25, -0.2) is 9.37 Å². The standard InChI is InChI=1S/C31H41F4N5O3/c32-24-16-38-28(37-15-21-3-1-2-4-25(21)43-31(33,34)35)40-27(24)39-17-29-11-20-9-22(12-29)26(23(10-20)13-29)36-14-19-5-7-30(42,18-41)8-6-19/h1-4,16,19-20,22-23,26,36,41-42H,5-15,17-18H2,(H2,37,38,39,40)/t19?,20?,22-,23+,26-,29-,30?. The van der Waals surface area contributed by atoms with Crippen LogP contribution in [0.25, 0.3) is 0 Å². The number of anilines is 2. The van der Waals surface area contributed by atoms with Crippen LogP contribution in [0.5, 0.6) is 5.75 Å². The van der Waals surface area contributed by atoms with Gasteiger partial charge in [0.15, 0.2) is 11.6 Å². The van der Waals surface area contributed by atoms with Crippen LogP contribution in [-0.2, 0) is 6.54 Å². The maximum atomic E-state index is 14.8. The number of hydrogen-bond acceptors (Lipinski definition) is 8. The number of benzene rings is 1. The molecule has 236 valence electrons. The number of rotatable bonds is 11. The largest absolute Gasteiger partial charge is 0.573 e. The molecule has 2 aromatic rings. The SMILES string of the molecule is OCC1(O)CCC(CN[C@@H]2[C@@H]3CC4C[C@H]2C[C@@](CNc2nc(NCc5ccccc5OC(F)(F)F)ncc2F)(C4)C3)CC1. The van der Waals surface area contributed by atoms with Gasteiger partial charge in [0.1, 0.15) is 5.75 Å². The van der Waals surface area contributed by atoms with E-state index in [9.17, 15) is 27.8 Å². The highest BCUT2D eigenvalue weighted by Gasteiger charge is 2.55. The minimum Gasteiger partial charge on any atom is -0.405 e. The van der Waals surface area contributed by atoms with E-state index in [1.54, 1.807) is 6.07 Å². The van der Waals surface area contributed by atoms with Crippen molar-refractivity contribution in [2.24, 2.45) is 29.1 Å². The number of aliphatic hydroxyl groups is 2. The number of alkyl halides is 3. The van der Waals surface area contributed by atoms with Gasteiger partial charge in [0.05, 0.1) is 18.4 Å². The van der Waals surface area contributed by atoms with E-state index in [0.29, 0.717) is 49.1 Å². The van der Waals surface area contributed by atoms with Gasteiger partial charge >= 0.3 is 6.36 Å². The van der Waals surface area contributed by atoms with Gasteiger partial charge in [-0.15, -0.1) is 13.2 Å². The molecule has 5 saturated carbocycles. The first-order valence-corrected chi connectivity index (χ1v) is 15.4. The predicted octanol–water partition coefficient (Wildman–Crippen LogP) is 5.24. The second-order valence-electron chi connectivity index (χ2n) is 13.5. The zero-order valence-electron chi connectivity index (χ0n) is 24.2. The van der Waals surface area contributed by atoms with Gasteiger partial charge in [0.25, 0.3) is 0 Å². The topological polar surface area (TPSA) is 112 Å². The Hall–Kier alpha value is -2.70. The molecule has 5 fully saturated rings. The number of nitrogens with zero attached hydrogens (tertiary/aromatic N) is 2. The van der Waals surface area contributed by atoms with E-state index in [2.05, 4.69) is 30.7 Å². The van der Waals surface area contributed by atoms with Crippen molar-refractivity contribution in [2.45, 2.75) is 82.3 Å². The number of para-hydroxylation sites is 1. The Bertz CT molecular complexity index is 1260. The monoisotopic (exact) mass is 607 g/mol. The van der Waals surface area contributed by atoms with Gasteiger partial charge < -0.3 is 30.9 Å². The van der Waals surface area contributed by atoms with Crippen LogP contribution in [0.3, 0.4) is 0 Å². The normalized spacial score (nSPS) is 33.4. The highest BCUT2D eigenvalue weighted by Crippen LogP contribution is 2.60. The molecule has 7 rings (SSSR count). The number of aliphatic hydroxyl groups excluding tert-OH is 1. The molecule has 8 nitrogen and oxygen atoms in total. The quantitative estimate of drug-likeness (QED) is 0.221. The summed E-state index contributed by atoms with van der Waals surface area (Å²) in [5.41, 5.74) is -0.556. The van der Waals surface area contributed by atoms with Gasteiger partial charge in [0.2, 0.25) is 5.95 Å². The summed E-state index contributed by atoms with van der Waals surface area (Å²) >= 11 is 0. The first-order chi connectivity index (χ1) is 20.5. The molecule has 1 aromatic heterocycles. The Morgan fingerprint density at radius 1 is 1.02 bits per heavy atom. The fourth-order valence-electron chi connectivity index (χ4n) is 8.52. The molecule has 5 atom stereocenters. The fraction of sp³-hybridized carbons (Fsp3) is 0.677. The van der Waals surface area contributed by atoms with Gasteiger partial charge in [0, 0.05) is 24.7 Å². The van der Waals surface area contributed by atoms with Crippen LogP contribution in [0.2, 0.25) is 0 Å². The van der Waals surface area contributed by atoms with Gasteiger partial charge in [-0.1, -0.05) is 18.2 Å². The average molecular weight is 608 g/mol. The summed E-state index contributed by atoms with van der Waals surface area (Å²) in [5, 5.41) is 29.8. The highest BCUT2D eigenvalue weighted by molar-refractivity contribution is 5.43. The lowest BCUT2D eigenvalue weighted by atomic mass is 9.48. The summed E-state index contributed by atoms with van der Waals surface area (Å²) in [6, 6.07) is 6.30. The maximum Gasteiger partial charge on any atom is 0.573 e. The Labute approximate surface area is 249 Å². The minimum atomic E-state index is -4.81. The van der Waals surface area contributed by atoms with Crippen LogP contribution in [0.1, 0.15) is 63.4 Å². The molecule has 5 aliphatic carbocycles. The van der Waals surface area contributed by atoms with Crippen LogP contribution in [0.4, 0.5) is 29.3 Å². The number of hydrogen-bond donors (Lipinski definition) is 5. The highest BCUT2D eigenvalue weighted by atomic mass is 19.4. The summed E-state index contributed by atoms with van der Waals surface area (Å²) in [6.45, 7) is 1.37. The van der Waals surface area contributed by atoms with Crippen LogP contribution in [0, 0.1) is 34.9 Å². The molecule has 1 unspecified atom stereocenters. The van der Waals surface area contributed by atoms with Crippen molar-refractivity contribution in [1.29, 1.82) is 0 Å². The number of ether oxygens (including phenoxy) is 1. The Kier molecular flexibility index (Phi) is 8.47. The van der Waals surface area contributed by atoms with E-state index in [4.69, 9.17) is 0 Å². The summed E-state index contributed by atoms with van der Waals surface area (Å²) < 4.78 is 57.2. The van der Waals surface area contributed by atoms with E-state index in [1.165, 1.54) is 31.0 Å². The fourth-order valence-corrected chi connectivity index (χ4v) is 8.52. The molecule has 0 saturated heterocycles. The third-order valence-electron chi connectivity index (χ3n) is 10.4. The summed E-state index contributed by atoms with van der Waals surface area (Å²) in [6.07, 6.45) is 5.15. The van der Waals surface area contributed by atoms with Crippen LogP contribution in [-0.4, -0.2) is 57.9 Å². The lowest BCUT2D eigenvalue weighted by molar-refractivity contribution is -0.274. The molecule has 0 radical (unpaired) electrons. The molecule has 43 heavy (non-hydrogen) atoms. The summed E-state index contributed by atoms with van der Waals surface area (Å²) in [5.74, 6) is 1.67. The molecular formula is C31H41F4N5O3. The van der Waals surface area contributed by atoms with Crippen molar-refractivity contribution in [3.63, 3.8) is 0 Å². The zero-order valence-corrected chi connectivity index (χ0v) is 24.2. The molecule has 0 amide bonds. The molecule has 5 N–H and O–H groups in total. The first kappa shape index (κ1) is 30.3. The predicted molar refractivity (Wildman–Crippen MR) is 153 cm³/mol. The second-order valence-corrected chi connectivity index (χ2v) is 13.5. The Morgan fingerprint density at radius 3 is 2.44 bits per heavy atom. The van der Waals surface area contributed by atoms with Gasteiger partial charge in [-0.05, 0) is 99.5 Å². The zero-order chi connectivity index (χ0) is 30.2. The van der Waals surface area contributed by atoms with E-state index in [-0.39, 0.29) is 41.6 Å². The van der Waals surface area contributed by atoms with Gasteiger partial charge in [-0.3, -0.25) is 0 Å². The van der Waals surface area contributed by atoms with Crippen molar-refractivity contribution in [3.05, 3.63) is 41.8 Å². The van der Waals surface area contributed by atoms with Crippen LogP contribution in [0.15, 0.2) is 30.5 Å². The summed E-state index contributed by atoms with van der Waals surface area (Å²) in [7, 11) is 0. The van der Waals surface area contributed by atoms with Crippen molar-refractivity contribution < 1.29 is 32.5 Å². The molecule has 12 heteroatoms. The smallest absolute Gasteiger partial charge is 0.405 e. The first-order valence-electron chi connectivity index (χ1n) is 15.4. The average Bonchev–Trinajstić information content (AvgIpc) is 2.96. The molecule has 5 aliphatic rings. The van der Waals surface area contributed by atoms with Gasteiger partial charge in [-0.2, -0.15) is 4.98 Å². The maximum absolute atomic E-state index is 14.8. The van der Waals surface area contributed by atoms with Crippen molar-refractivity contribution in [1.82, 2.24) is 15.3 Å². The lowest BCUT2D eigenvalue weighted by Gasteiger charge is -2.60. The number of halogens is 4. The Balaban J connectivity index is 1.04. The number of nitrogens with one attached hydrogen (secondary N) is 3. The molecule has 0 aliphatic heterocycles. The van der Waals surface area contributed by atoms with E-state index in [1.807, 2.05) is 0 Å². The van der Waals surface area contributed by atoms with Crippen LogP contribution >= 0.6 is 0 Å². The van der Waals surface area contributed by atoms with E-state index >= 15 is 0 Å². The van der Waals surface area contributed by atoms with Crippen molar-refractivity contribution >= 4 is 11.8 Å². The lowest BCUT2D eigenvalue weighted by Crippen LogP contribution is -2.60. The summed E-state index contributed by atoms with van der Waals surface area (Å²) in [4.78, 5) is 8.28. The third-order valence-corrected chi connectivity index (χ3v) is 10.4. The second kappa shape index (κ2) is 12.0. The van der Waals surface area contributed by atoms with Crippen molar-refractivity contribution in [3.8, 4) is 5.75 Å². The Morgan fingerprint density at radius 2 is 1.74 bits per heavy atom. The number of aromatic nitrogens is 2. The van der Waals surface area contributed by atoms with Crippen molar-refractivity contribution in [2.75, 3.05) is 30.3 Å². The molecule has 1 heterocycles. The molecule has 1 aromatic carbocycles. The van der Waals surface area contributed by atoms with Crippen LogP contribution < -0.4 is 20.7 Å². The molecular weight excluding hydrogens is 566 g/mol.